The average molecular weight is 421 g/mol. The van der Waals surface area contributed by atoms with E-state index in [1.807, 2.05) is 30.3 Å². The third-order valence-corrected chi connectivity index (χ3v) is 5.23. The van der Waals surface area contributed by atoms with Crippen LogP contribution < -0.4 is 0 Å². The Morgan fingerprint density at radius 3 is 1.83 bits per heavy atom. The van der Waals surface area contributed by atoms with E-state index >= 15 is 0 Å². The summed E-state index contributed by atoms with van der Waals surface area (Å²) in [5.41, 5.74) is 2.91. The van der Waals surface area contributed by atoms with Crippen LogP contribution in [0.5, 0.6) is 0 Å². The number of ketones is 2. The predicted molar refractivity (Wildman–Crippen MR) is 117 cm³/mol. The van der Waals surface area contributed by atoms with Crippen LogP contribution in [0.1, 0.15) is 40.0 Å². The van der Waals surface area contributed by atoms with Gasteiger partial charge in [0.1, 0.15) is 0 Å². The minimum absolute atomic E-state index is 0.0871. The van der Waals surface area contributed by atoms with Crippen molar-refractivity contribution < 1.29 is 19.5 Å². The molecule has 1 unspecified atom stereocenters. The van der Waals surface area contributed by atoms with Crippen LogP contribution in [-0.2, 0) is 4.79 Å². The van der Waals surface area contributed by atoms with E-state index in [1.54, 1.807) is 48.5 Å². The van der Waals surface area contributed by atoms with E-state index in [2.05, 4.69) is 0 Å². The summed E-state index contributed by atoms with van der Waals surface area (Å²) in [7, 11) is 0. The second kappa shape index (κ2) is 9.99. The van der Waals surface area contributed by atoms with Crippen molar-refractivity contribution in [3.8, 4) is 11.1 Å². The molecule has 0 bridgehead atoms. The lowest BCUT2D eigenvalue weighted by Gasteiger charge is -2.12. The number of hydrogen-bond donors (Lipinski definition) is 1. The Morgan fingerprint density at radius 2 is 1.27 bits per heavy atom. The molecule has 4 nitrogen and oxygen atoms in total. The highest BCUT2D eigenvalue weighted by molar-refractivity contribution is 6.30. The fourth-order valence-corrected chi connectivity index (χ4v) is 3.35. The van der Waals surface area contributed by atoms with Gasteiger partial charge in [0.25, 0.3) is 0 Å². The maximum atomic E-state index is 12.6. The van der Waals surface area contributed by atoms with Crippen molar-refractivity contribution in [1.82, 2.24) is 0 Å². The summed E-state index contributed by atoms with van der Waals surface area (Å²) in [5.74, 6) is -2.35. The second-order valence-electron chi connectivity index (χ2n) is 7.07. The molecule has 0 aliphatic heterocycles. The molecule has 0 saturated heterocycles. The first-order chi connectivity index (χ1) is 14.4. The number of carboxylic acid groups (broad SMARTS) is 1. The summed E-state index contributed by atoms with van der Waals surface area (Å²) in [5, 5.41) is 10.1. The summed E-state index contributed by atoms with van der Waals surface area (Å²) in [4.78, 5) is 36.4. The lowest BCUT2D eigenvalue weighted by Crippen LogP contribution is -2.19. The van der Waals surface area contributed by atoms with E-state index in [0.29, 0.717) is 16.1 Å². The van der Waals surface area contributed by atoms with Crippen molar-refractivity contribution in [2.75, 3.05) is 0 Å². The standard InChI is InChI=1S/C25H21ClO4/c26-22-13-10-18(11-14-22)17-6-8-20(9-7-17)24(28)16-21(25(29)30)12-15-23(27)19-4-2-1-3-5-19/h1-11,13-14,21H,12,15-16H2,(H,29,30). The van der Waals surface area contributed by atoms with Crippen LogP contribution in [0.3, 0.4) is 0 Å². The fraction of sp³-hybridized carbons (Fsp3) is 0.160. The Hall–Kier alpha value is -3.24. The van der Waals surface area contributed by atoms with Crippen LogP contribution in [0.4, 0.5) is 0 Å². The van der Waals surface area contributed by atoms with Gasteiger partial charge in [-0.05, 0) is 29.7 Å². The molecule has 30 heavy (non-hydrogen) atoms. The number of benzene rings is 3. The van der Waals surface area contributed by atoms with Crippen molar-refractivity contribution in [3.05, 3.63) is 95.0 Å². The normalized spacial score (nSPS) is 11.6. The van der Waals surface area contributed by atoms with Gasteiger partial charge in [-0.1, -0.05) is 78.3 Å². The largest absolute Gasteiger partial charge is 0.481 e. The minimum Gasteiger partial charge on any atom is -0.481 e. The molecule has 0 aliphatic carbocycles. The fourth-order valence-electron chi connectivity index (χ4n) is 3.22. The summed E-state index contributed by atoms with van der Waals surface area (Å²) in [6, 6.07) is 23.2. The van der Waals surface area contributed by atoms with Gasteiger partial charge in [-0.25, -0.2) is 0 Å². The number of Topliss-reactive ketones (excluding diaryl/α,β-unsaturated/α-hetero) is 2. The van der Waals surface area contributed by atoms with Crippen LogP contribution >= 0.6 is 11.6 Å². The molecule has 0 aromatic heterocycles. The van der Waals surface area contributed by atoms with Gasteiger partial charge in [0, 0.05) is 29.0 Å². The molecule has 0 spiro atoms. The van der Waals surface area contributed by atoms with Crippen LogP contribution in [0, 0.1) is 5.92 Å². The molecule has 0 heterocycles. The van der Waals surface area contributed by atoms with E-state index in [4.69, 9.17) is 11.6 Å². The zero-order valence-corrected chi connectivity index (χ0v) is 17.0. The first-order valence-corrected chi connectivity index (χ1v) is 10.0. The summed E-state index contributed by atoms with van der Waals surface area (Å²) >= 11 is 5.91. The van der Waals surface area contributed by atoms with Gasteiger partial charge in [-0.15, -0.1) is 0 Å². The van der Waals surface area contributed by atoms with E-state index in [9.17, 15) is 19.5 Å². The van der Waals surface area contributed by atoms with Gasteiger partial charge in [0.2, 0.25) is 0 Å². The Kier molecular flexibility index (Phi) is 7.15. The molecular formula is C25H21ClO4. The van der Waals surface area contributed by atoms with Gasteiger partial charge in [0.15, 0.2) is 11.6 Å². The predicted octanol–water partition coefficient (Wildman–Crippen LogP) is 5.94. The second-order valence-corrected chi connectivity index (χ2v) is 7.51. The van der Waals surface area contributed by atoms with E-state index in [1.165, 1.54) is 0 Å². The van der Waals surface area contributed by atoms with Gasteiger partial charge in [-0.3, -0.25) is 14.4 Å². The van der Waals surface area contributed by atoms with E-state index in [-0.39, 0.29) is 30.8 Å². The Bertz CT molecular complexity index is 1030. The number of aliphatic carboxylic acids is 1. The van der Waals surface area contributed by atoms with Crippen LogP contribution in [0.2, 0.25) is 5.02 Å². The van der Waals surface area contributed by atoms with Crippen molar-refractivity contribution in [1.29, 1.82) is 0 Å². The summed E-state index contributed by atoms with van der Waals surface area (Å²) in [6.45, 7) is 0. The molecule has 1 N–H and O–H groups in total. The van der Waals surface area contributed by atoms with Gasteiger partial charge in [0.05, 0.1) is 5.92 Å². The number of carbonyl (C=O) groups excluding carboxylic acids is 2. The van der Waals surface area contributed by atoms with Gasteiger partial charge in [-0.2, -0.15) is 0 Å². The highest BCUT2D eigenvalue weighted by Crippen LogP contribution is 2.23. The summed E-state index contributed by atoms with van der Waals surface area (Å²) in [6.07, 6.45) is 0.0686. The number of carboxylic acids is 1. The Morgan fingerprint density at radius 1 is 0.733 bits per heavy atom. The lowest BCUT2D eigenvalue weighted by atomic mass is 9.92. The van der Waals surface area contributed by atoms with Gasteiger partial charge >= 0.3 is 5.97 Å². The Labute approximate surface area is 180 Å². The zero-order valence-electron chi connectivity index (χ0n) is 16.3. The van der Waals surface area contributed by atoms with Crippen LogP contribution in [0.25, 0.3) is 11.1 Å². The minimum atomic E-state index is -1.07. The molecule has 0 fully saturated rings. The number of carbonyl (C=O) groups is 3. The molecule has 0 amide bonds. The van der Waals surface area contributed by atoms with Gasteiger partial charge < -0.3 is 5.11 Å². The first-order valence-electron chi connectivity index (χ1n) is 9.64. The maximum absolute atomic E-state index is 12.6. The molecule has 3 aromatic rings. The summed E-state index contributed by atoms with van der Waals surface area (Å²) < 4.78 is 0. The molecule has 0 aliphatic rings. The molecule has 152 valence electrons. The average Bonchev–Trinajstić information content (AvgIpc) is 2.77. The zero-order chi connectivity index (χ0) is 21.5. The lowest BCUT2D eigenvalue weighted by molar-refractivity contribution is -0.141. The smallest absolute Gasteiger partial charge is 0.306 e. The monoisotopic (exact) mass is 420 g/mol. The van der Waals surface area contributed by atoms with Crippen LogP contribution in [-0.4, -0.2) is 22.6 Å². The first kappa shape index (κ1) is 21.5. The molecule has 3 rings (SSSR count). The molecule has 0 saturated carbocycles. The number of rotatable bonds is 9. The highest BCUT2D eigenvalue weighted by Gasteiger charge is 2.23. The van der Waals surface area contributed by atoms with Crippen molar-refractivity contribution in [2.24, 2.45) is 5.92 Å². The third-order valence-electron chi connectivity index (χ3n) is 4.98. The van der Waals surface area contributed by atoms with Crippen molar-refractivity contribution >= 4 is 29.1 Å². The van der Waals surface area contributed by atoms with E-state index < -0.39 is 11.9 Å². The van der Waals surface area contributed by atoms with E-state index in [0.717, 1.165) is 11.1 Å². The Balaban J connectivity index is 1.62. The number of halogens is 1. The highest BCUT2D eigenvalue weighted by atomic mass is 35.5. The van der Waals surface area contributed by atoms with Crippen molar-refractivity contribution in [2.45, 2.75) is 19.3 Å². The molecule has 0 radical (unpaired) electrons. The van der Waals surface area contributed by atoms with Crippen molar-refractivity contribution in [3.63, 3.8) is 0 Å². The molecule has 3 aromatic carbocycles. The molecular weight excluding hydrogens is 400 g/mol. The topological polar surface area (TPSA) is 71.4 Å². The molecule has 5 heteroatoms. The third kappa shape index (κ3) is 5.65. The number of hydrogen-bond acceptors (Lipinski definition) is 3. The SMILES string of the molecule is O=C(CCC(CC(=O)c1ccc(-c2ccc(Cl)cc2)cc1)C(=O)O)c1ccccc1. The maximum Gasteiger partial charge on any atom is 0.306 e. The molecule has 1 atom stereocenters. The van der Waals surface area contributed by atoms with Crippen LogP contribution in [0.15, 0.2) is 78.9 Å². The quantitative estimate of drug-likeness (QED) is 0.434.